The van der Waals surface area contributed by atoms with Gasteiger partial charge in [0.15, 0.2) is 11.6 Å². The van der Waals surface area contributed by atoms with Crippen LogP contribution >= 0.6 is 23.2 Å². The molecule has 0 spiro atoms. The molecule has 82 heavy (non-hydrogen) atoms. The number of nitrogens with one attached hydrogen (secondary N) is 2. The molecule has 0 saturated carbocycles. The van der Waals surface area contributed by atoms with Crippen LogP contribution in [-0.4, -0.2) is 128 Å². The van der Waals surface area contributed by atoms with Crippen molar-refractivity contribution in [1.29, 1.82) is 0 Å². The number of ether oxygens (including phenoxy) is 3. The minimum atomic E-state index is -0.881. The van der Waals surface area contributed by atoms with Gasteiger partial charge in [-0.25, -0.2) is 14.4 Å². The summed E-state index contributed by atoms with van der Waals surface area (Å²) in [6, 6.07) is -1.40. The molecule has 0 saturated heterocycles. The first kappa shape index (κ1) is 82.8. The van der Waals surface area contributed by atoms with Gasteiger partial charge in [0, 0.05) is 101 Å². The standard InChI is InChI=1S/C31H41ClN2O6.C30H40ClNO5.2Al.2H2O.O/c1-21(26-20-17-22(2)29(37)40-26)13-9-7-8-10-16-27(36)34-28(31(4,5)6)25(35)15-12-11-14-24(39-30(33)38)19-18-23(3)32;1-21(26-20-17-22(2)29(36)37-26)13-9-7-8-10-16-27(35)32-28(30(4,5)6)25(34)15-12-11-14-24(33)19-18-23(3)31;;;;;/h9-13,16-18,21,24,26,28H,14-15,19-20H2,1-6H3,(H2,33,38)(H,34,36);9-13,16-18,21,24,26,28,33H,14-15,19-20H2,1-6H3,(H,32,35);;;2*1H2;/b2*12-11-,13-9-,16-10+,23-18+;;;;;/t2*21-,24+,26-,28+;;;;;/m00...../s1. The van der Waals surface area contributed by atoms with Gasteiger partial charge in [-0.3, -0.25) is 19.2 Å². The first-order chi connectivity index (χ1) is 37.0. The van der Waals surface area contributed by atoms with Gasteiger partial charge in [0.1, 0.15) is 18.3 Å². The van der Waals surface area contributed by atoms with Crippen LogP contribution in [0.5, 0.6) is 0 Å². The van der Waals surface area contributed by atoms with Gasteiger partial charge in [0.2, 0.25) is 11.8 Å². The van der Waals surface area contributed by atoms with Crippen LogP contribution in [0, 0.1) is 46.3 Å². The summed E-state index contributed by atoms with van der Waals surface area (Å²) < 4.78 is 24.0. The Hall–Kier alpha value is -5.67. The minimum absolute atomic E-state index is 0. The van der Waals surface area contributed by atoms with Gasteiger partial charge in [-0.2, -0.15) is 0 Å². The third-order valence-corrected chi connectivity index (χ3v) is 12.1. The van der Waals surface area contributed by atoms with Gasteiger partial charge in [0.05, 0.1) is 18.2 Å². The molecule has 0 aromatic heterocycles. The summed E-state index contributed by atoms with van der Waals surface area (Å²) in [6.07, 6.45) is 27.4. The van der Waals surface area contributed by atoms with Gasteiger partial charge < -0.3 is 46.6 Å². The van der Waals surface area contributed by atoms with Crippen LogP contribution in [0.2, 0.25) is 0 Å². The van der Waals surface area contributed by atoms with E-state index in [2.05, 4.69) is 34.3 Å². The van der Waals surface area contributed by atoms with Crippen molar-refractivity contribution < 1.29 is 67.6 Å². The average Bonchev–Trinajstić information content (AvgIpc) is 3.36. The van der Waals surface area contributed by atoms with Crippen LogP contribution in [0.25, 0.3) is 0 Å². The summed E-state index contributed by atoms with van der Waals surface area (Å²) >= 11 is 12.8. The molecule has 9 N–H and O–H groups in total. The van der Waals surface area contributed by atoms with Crippen molar-refractivity contribution in [3.05, 3.63) is 118 Å². The second-order valence-corrected chi connectivity index (χ2v) is 22.1. The molecule has 0 aromatic rings. The molecule has 0 aliphatic carbocycles. The van der Waals surface area contributed by atoms with Gasteiger partial charge in [-0.15, -0.1) is 0 Å². The molecule has 21 heteroatoms. The summed E-state index contributed by atoms with van der Waals surface area (Å²) in [5.41, 5.74) is 5.38. The number of aliphatic hydroxyl groups is 1. The number of halogens is 2. The number of carbonyl (C=O) groups is 7. The molecule has 2 aliphatic rings. The van der Waals surface area contributed by atoms with E-state index in [1.165, 1.54) is 40.5 Å². The Morgan fingerprint density at radius 2 is 1.05 bits per heavy atom. The maximum atomic E-state index is 12.9. The van der Waals surface area contributed by atoms with E-state index in [4.69, 9.17) is 46.9 Å². The molecule has 2 heterocycles. The Kier molecular flexibility index (Phi) is 45.3. The van der Waals surface area contributed by atoms with E-state index >= 15 is 0 Å². The van der Waals surface area contributed by atoms with Crippen LogP contribution in [0.3, 0.4) is 0 Å². The predicted molar refractivity (Wildman–Crippen MR) is 325 cm³/mol. The molecule has 17 nitrogen and oxygen atoms in total. The number of amides is 3. The number of aliphatic hydroxyl groups excluding tert-OH is 1. The zero-order valence-corrected chi connectivity index (χ0v) is 53.3. The van der Waals surface area contributed by atoms with E-state index in [-0.39, 0.29) is 88.7 Å². The summed E-state index contributed by atoms with van der Waals surface area (Å²) in [4.78, 5) is 85.1. The molecule has 2 rings (SSSR count). The average molecular weight is 1210 g/mol. The third-order valence-electron chi connectivity index (χ3n) is 11.8. The van der Waals surface area contributed by atoms with Crippen LogP contribution in [0.1, 0.15) is 134 Å². The Morgan fingerprint density at radius 3 is 1.40 bits per heavy atom. The molecule has 0 bridgehead atoms. The Morgan fingerprint density at radius 1 is 0.683 bits per heavy atom. The number of primary amides is 1. The van der Waals surface area contributed by atoms with E-state index in [1.54, 1.807) is 76.3 Å². The number of hydrogen-bond donors (Lipinski definition) is 4. The summed E-state index contributed by atoms with van der Waals surface area (Å²) in [7, 11) is 0. The first-order valence-electron chi connectivity index (χ1n) is 25.9. The number of carbonyl (C=O) groups excluding carboxylic acids is 7. The summed E-state index contributed by atoms with van der Waals surface area (Å²) in [6.45, 7) is 22.1. The molecular weight excluding hydrogens is 1120 g/mol. The van der Waals surface area contributed by atoms with E-state index < -0.39 is 53.0 Å². The van der Waals surface area contributed by atoms with Gasteiger partial charge in [-0.05, 0) is 75.7 Å². The SMILES string of the molecule is CC1=CC[C@@H]([C@@H](C)/C=C\C#C/C=C/C(=O)N[C@H](C(=O)C/C=C\C[C@@H](O)C/C=C(\C)Cl)C(C)(C)C)OC1=O.CC1=CC[C@@H]([C@@H](C)/C=C\C#C/C=C/C(=O)N[C@H](C(=O)C/C=C\C[C@H](C/C=C(\C)Cl)OC(N)=O)C(C)(C)C)OC1=O.O.O.[Al].[O]=[Al]. The zero-order valence-electron chi connectivity index (χ0n) is 49.4. The van der Waals surface area contributed by atoms with Crippen molar-refractivity contribution in [2.45, 2.75) is 171 Å². The second-order valence-electron chi connectivity index (χ2n) is 20.9. The molecule has 0 aromatic carbocycles. The number of allylic oxidation sites excluding steroid dienone is 8. The molecule has 0 fully saturated rings. The van der Waals surface area contributed by atoms with Crippen molar-refractivity contribution >= 4 is 98.2 Å². The summed E-state index contributed by atoms with van der Waals surface area (Å²) in [5.74, 6) is 9.51. The van der Waals surface area contributed by atoms with Crippen LogP contribution in [0.4, 0.5) is 4.79 Å². The van der Waals surface area contributed by atoms with Crippen molar-refractivity contribution in [1.82, 2.24) is 10.6 Å². The van der Waals surface area contributed by atoms with E-state index in [0.717, 1.165) is 0 Å². The number of cyclic esters (lactones) is 2. The van der Waals surface area contributed by atoms with E-state index in [1.807, 2.05) is 79.7 Å². The molecular formula is C61H85Al2Cl2N3O14. The summed E-state index contributed by atoms with van der Waals surface area (Å²) in [5, 5.41) is 16.7. The number of Topliss-reactive ketones (excluding diaryl/α,β-unsaturated/α-hetero) is 2. The third kappa shape index (κ3) is 38.2. The topological polar surface area (TPSA) is 298 Å². The number of nitrogens with two attached hydrogens (primary N) is 1. The van der Waals surface area contributed by atoms with E-state index in [9.17, 15) is 38.7 Å². The Bertz CT molecular complexity index is 2520. The first-order valence-corrected chi connectivity index (χ1v) is 27.2. The van der Waals surface area contributed by atoms with Crippen LogP contribution < -0.4 is 16.4 Å². The molecule has 448 valence electrons. The molecule has 2 aliphatic heterocycles. The Balaban J connectivity index is -0.000000697. The van der Waals surface area contributed by atoms with Gasteiger partial charge in [-0.1, -0.05) is 163 Å². The predicted octanol–water partition coefficient (Wildman–Crippen LogP) is 8.23. The van der Waals surface area contributed by atoms with Gasteiger partial charge >= 0.3 is 38.1 Å². The number of rotatable bonds is 23. The fraction of sp³-hybridized carbons (Fsp3) is 0.492. The number of ketones is 2. The van der Waals surface area contributed by atoms with Crippen molar-refractivity contribution in [3.63, 3.8) is 0 Å². The maximum absolute atomic E-state index is 12.9. The number of esters is 2. The van der Waals surface area contributed by atoms with Crippen LogP contribution in [-0.2, 0) is 46.8 Å². The number of hydrogen-bond acceptors (Lipinski definition) is 12. The van der Waals surface area contributed by atoms with Crippen molar-refractivity contribution in [3.8, 4) is 23.7 Å². The second kappa shape index (κ2) is 44.9. The van der Waals surface area contributed by atoms with Gasteiger partial charge in [0.25, 0.3) is 0 Å². The Labute approximate surface area is 514 Å². The quantitative estimate of drug-likeness (QED) is 0.0188. The monoisotopic (exact) mass is 1210 g/mol. The van der Waals surface area contributed by atoms with Crippen molar-refractivity contribution in [2.75, 3.05) is 0 Å². The molecule has 3 amide bonds. The molecule has 4 radical (unpaired) electrons. The van der Waals surface area contributed by atoms with Crippen LogP contribution in [0.15, 0.2) is 118 Å². The fourth-order valence-electron chi connectivity index (χ4n) is 7.15. The van der Waals surface area contributed by atoms with Crippen molar-refractivity contribution in [2.24, 2.45) is 28.4 Å². The van der Waals surface area contributed by atoms with E-state index in [0.29, 0.717) is 59.7 Å². The fourth-order valence-corrected chi connectivity index (χ4v) is 7.33. The zero-order chi connectivity index (χ0) is 60.3. The molecule has 8 atom stereocenters. The molecule has 0 unspecified atom stereocenters. The normalized spacial score (nSPS) is 17.7.